The van der Waals surface area contributed by atoms with Crippen molar-refractivity contribution in [1.29, 1.82) is 0 Å². The number of imidazole rings is 1. The third-order valence-electron chi connectivity index (χ3n) is 4.82. The maximum absolute atomic E-state index is 13.2. The molecule has 0 spiro atoms. The first-order valence-corrected chi connectivity index (χ1v) is 10.1. The SMILES string of the molecule is CCn1cnc2c1c(=O)n(CC(=O)c1ccc(C)s1)c(=O)n2Cc1ccccc1. The highest BCUT2D eigenvalue weighted by Gasteiger charge is 2.20. The molecule has 0 saturated heterocycles. The van der Waals surface area contributed by atoms with Crippen LogP contribution in [0, 0.1) is 6.92 Å². The van der Waals surface area contributed by atoms with Crippen molar-refractivity contribution in [1.82, 2.24) is 18.7 Å². The largest absolute Gasteiger partial charge is 0.333 e. The molecule has 0 aliphatic carbocycles. The van der Waals surface area contributed by atoms with Crippen molar-refractivity contribution in [2.24, 2.45) is 0 Å². The summed E-state index contributed by atoms with van der Waals surface area (Å²) in [4.78, 5) is 44.9. The average molecular weight is 408 g/mol. The van der Waals surface area contributed by atoms with Gasteiger partial charge in [-0.05, 0) is 31.5 Å². The Morgan fingerprint density at radius 3 is 2.48 bits per heavy atom. The van der Waals surface area contributed by atoms with Gasteiger partial charge in [-0.2, -0.15) is 0 Å². The fourth-order valence-corrected chi connectivity index (χ4v) is 4.13. The molecule has 0 N–H and O–H groups in total. The lowest BCUT2D eigenvalue weighted by atomic mass is 10.2. The van der Waals surface area contributed by atoms with E-state index in [0.29, 0.717) is 22.6 Å². The summed E-state index contributed by atoms with van der Waals surface area (Å²) in [5, 5.41) is 0. The summed E-state index contributed by atoms with van der Waals surface area (Å²) in [6, 6.07) is 13.1. The number of benzene rings is 1. The number of hydrogen-bond acceptors (Lipinski definition) is 5. The molecule has 1 aromatic carbocycles. The second-order valence-corrected chi connectivity index (χ2v) is 8.07. The number of fused-ring (bicyclic) bond motifs is 1. The summed E-state index contributed by atoms with van der Waals surface area (Å²) in [6.45, 7) is 4.32. The number of carbonyl (C=O) groups is 1. The molecule has 0 saturated carbocycles. The van der Waals surface area contributed by atoms with Gasteiger partial charge >= 0.3 is 5.69 Å². The molecule has 0 unspecified atom stereocenters. The monoisotopic (exact) mass is 408 g/mol. The van der Waals surface area contributed by atoms with Gasteiger partial charge in [-0.3, -0.25) is 18.7 Å². The topological polar surface area (TPSA) is 78.9 Å². The van der Waals surface area contributed by atoms with Crippen LogP contribution in [-0.2, 0) is 19.6 Å². The number of hydrogen-bond donors (Lipinski definition) is 0. The van der Waals surface area contributed by atoms with E-state index >= 15 is 0 Å². The van der Waals surface area contributed by atoms with Crippen molar-refractivity contribution >= 4 is 28.3 Å². The normalized spacial score (nSPS) is 11.2. The zero-order valence-electron chi connectivity index (χ0n) is 16.2. The molecule has 0 aliphatic rings. The third-order valence-corrected chi connectivity index (χ3v) is 5.87. The first-order valence-electron chi connectivity index (χ1n) is 9.31. The Bertz CT molecular complexity index is 1310. The van der Waals surface area contributed by atoms with Crippen LogP contribution >= 0.6 is 11.3 Å². The zero-order chi connectivity index (χ0) is 20.5. The molecule has 4 rings (SSSR count). The van der Waals surface area contributed by atoms with Gasteiger partial charge in [-0.1, -0.05) is 30.3 Å². The van der Waals surface area contributed by atoms with Crippen molar-refractivity contribution in [3.63, 3.8) is 0 Å². The lowest BCUT2D eigenvalue weighted by molar-refractivity contribution is 0.0972. The Morgan fingerprint density at radius 1 is 1.07 bits per heavy atom. The van der Waals surface area contributed by atoms with Gasteiger partial charge in [-0.25, -0.2) is 9.78 Å². The predicted molar refractivity (Wildman–Crippen MR) is 113 cm³/mol. The Kier molecular flexibility index (Phi) is 5.02. The molecule has 0 fully saturated rings. The lowest BCUT2D eigenvalue weighted by Gasteiger charge is -2.12. The van der Waals surface area contributed by atoms with Gasteiger partial charge in [-0.15, -0.1) is 11.3 Å². The maximum atomic E-state index is 13.2. The van der Waals surface area contributed by atoms with E-state index in [9.17, 15) is 14.4 Å². The molecule has 0 atom stereocenters. The first kappa shape index (κ1) is 19.1. The van der Waals surface area contributed by atoms with E-state index in [2.05, 4.69) is 4.98 Å². The van der Waals surface area contributed by atoms with Gasteiger partial charge in [0.25, 0.3) is 5.56 Å². The maximum Gasteiger partial charge on any atom is 0.333 e. The standard InChI is InChI=1S/C21H20N4O3S/c1-3-23-13-22-19-18(23)20(27)25(12-16(26)17-10-9-14(2)29-17)21(28)24(19)11-15-7-5-4-6-8-15/h4-10,13H,3,11-12H2,1-2H3. The number of aromatic nitrogens is 4. The second-order valence-electron chi connectivity index (χ2n) is 6.78. The Morgan fingerprint density at radius 2 is 1.83 bits per heavy atom. The minimum atomic E-state index is -0.533. The highest BCUT2D eigenvalue weighted by atomic mass is 32.1. The van der Waals surface area contributed by atoms with Gasteiger partial charge in [0.05, 0.1) is 24.3 Å². The fraction of sp³-hybridized carbons (Fsp3) is 0.238. The van der Waals surface area contributed by atoms with Crippen LogP contribution in [-0.4, -0.2) is 24.5 Å². The van der Waals surface area contributed by atoms with E-state index in [0.717, 1.165) is 15.0 Å². The van der Waals surface area contributed by atoms with Crippen LogP contribution in [0.2, 0.25) is 0 Å². The number of rotatable bonds is 6. The van der Waals surface area contributed by atoms with Crippen molar-refractivity contribution in [3.05, 3.63) is 84.9 Å². The molecule has 0 radical (unpaired) electrons. The summed E-state index contributed by atoms with van der Waals surface area (Å²) in [5.74, 6) is -0.254. The van der Waals surface area contributed by atoms with Gasteiger partial charge in [0.15, 0.2) is 16.9 Å². The van der Waals surface area contributed by atoms with E-state index < -0.39 is 11.2 Å². The van der Waals surface area contributed by atoms with Crippen LogP contribution in [0.25, 0.3) is 11.2 Å². The zero-order valence-corrected chi connectivity index (χ0v) is 17.0. The summed E-state index contributed by atoms with van der Waals surface area (Å²) in [6.07, 6.45) is 1.56. The minimum absolute atomic E-state index is 0.254. The van der Waals surface area contributed by atoms with Gasteiger partial charge < -0.3 is 4.57 Å². The summed E-state index contributed by atoms with van der Waals surface area (Å²) in [5.41, 5.74) is 0.552. The van der Waals surface area contributed by atoms with Crippen LogP contribution in [0.4, 0.5) is 0 Å². The number of thiophene rings is 1. The number of ketones is 1. The number of aryl methyl sites for hydroxylation is 2. The van der Waals surface area contributed by atoms with Gasteiger partial charge in [0, 0.05) is 11.4 Å². The molecular weight excluding hydrogens is 388 g/mol. The van der Waals surface area contributed by atoms with Crippen molar-refractivity contribution in [2.45, 2.75) is 33.5 Å². The number of nitrogens with zero attached hydrogens (tertiary/aromatic N) is 4. The minimum Gasteiger partial charge on any atom is -0.325 e. The molecular formula is C21H20N4O3S. The molecule has 0 aliphatic heterocycles. The molecule has 0 amide bonds. The molecule has 8 heteroatoms. The highest BCUT2D eigenvalue weighted by Crippen LogP contribution is 2.16. The Hall–Kier alpha value is -3.26. The van der Waals surface area contributed by atoms with Crippen molar-refractivity contribution < 1.29 is 4.79 Å². The first-order chi connectivity index (χ1) is 14.0. The smallest absolute Gasteiger partial charge is 0.325 e. The van der Waals surface area contributed by atoms with Crippen LogP contribution in [0.15, 0.2) is 58.4 Å². The average Bonchev–Trinajstić information content (AvgIpc) is 3.35. The second kappa shape index (κ2) is 7.63. The Balaban J connectivity index is 1.88. The molecule has 7 nitrogen and oxygen atoms in total. The fourth-order valence-electron chi connectivity index (χ4n) is 3.33. The van der Waals surface area contributed by atoms with Crippen LogP contribution in [0.1, 0.15) is 27.0 Å². The molecule has 3 aromatic heterocycles. The van der Waals surface area contributed by atoms with Crippen LogP contribution in [0.5, 0.6) is 0 Å². The van der Waals surface area contributed by atoms with E-state index in [4.69, 9.17) is 0 Å². The molecule has 29 heavy (non-hydrogen) atoms. The Labute approximate surface area is 170 Å². The van der Waals surface area contributed by atoms with Crippen molar-refractivity contribution in [3.8, 4) is 0 Å². The summed E-state index contributed by atoms with van der Waals surface area (Å²) < 4.78 is 4.19. The quantitative estimate of drug-likeness (QED) is 0.460. The lowest BCUT2D eigenvalue weighted by Crippen LogP contribution is -2.42. The predicted octanol–water partition coefficient (Wildman–Crippen LogP) is 2.68. The number of Topliss-reactive ketones (excluding diaryl/α,β-unsaturated/α-hetero) is 1. The number of carbonyl (C=O) groups excluding carboxylic acids is 1. The summed E-state index contributed by atoms with van der Waals surface area (Å²) in [7, 11) is 0. The highest BCUT2D eigenvalue weighted by molar-refractivity contribution is 7.14. The van der Waals surface area contributed by atoms with E-state index in [-0.39, 0.29) is 18.9 Å². The van der Waals surface area contributed by atoms with Crippen molar-refractivity contribution in [2.75, 3.05) is 0 Å². The van der Waals surface area contributed by atoms with Crippen LogP contribution in [0.3, 0.4) is 0 Å². The molecule has 4 aromatic rings. The van der Waals surface area contributed by atoms with E-state index in [1.807, 2.05) is 50.2 Å². The third kappa shape index (κ3) is 3.47. The molecule has 3 heterocycles. The van der Waals surface area contributed by atoms with Gasteiger partial charge in [0.1, 0.15) is 0 Å². The molecule has 148 valence electrons. The van der Waals surface area contributed by atoms with Crippen LogP contribution < -0.4 is 11.2 Å². The molecule has 0 bridgehead atoms. The van der Waals surface area contributed by atoms with Gasteiger partial charge in [0.2, 0.25) is 0 Å². The van der Waals surface area contributed by atoms with E-state index in [1.54, 1.807) is 17.0 Å². The summed E-state index contributed by atoms with van der Waals surface area (Å²) >= 11 is 1.36. The van der Waals surface area contributed by atoms with E-state index in [1.165, 1.54) is 15.9 Å².